The molecule has 2 atom stereocenters. The number of carbonyl (C=O) groups excluding carboxylic acids is 1. The molecule has 0 unspecified atom stereocenters. The lowest BCUT2D eigenvalue weighted by Gasteiger charge is -2.29. The van der Waals surface area contributed by atoms with Crippen LogP contribution in [-0.2, 0) is 0 Å². The van der Waals surface area contributed by atoms with E-state index in [9.17, 15) is 4.79 Å². The maximum Gasteiger partial charge on any atom is 0.335 e. The lowest BCUT2D eigenvalue weighted by atomic mass is 9.77. The fourth-order valence-electron chi connectivity index (χ4n) is 3.94. The van der Waals surface area contributed by atoms with Gasteiger partial charge in [-0.25, -0.2) is 9.80 Å². The molecule has 2 amide bonds. The Balaban J connectivity index is 1.72. The molecule has 27 heavy (non-hydrogen) atoms. The maximum atomic E-state index is 12.1. The first-order valence-electron chi connectivity index (χ1n) is 8.92. The van der Waals surface area contributed by atoms with Crippen molar-refractivity contribution in [2.45, 2.75) is 25.3 Å². The summed E-state index contributed by atoms with van der Waals surface area (Å²) in [4.78, 5) is 12.1. The van der Waals surface area contributed by atoms with Gasteiger partial charge in [-0.05, 0) is 66.3 Å². The quantitative estimate of drug-likeness (QED) is 0.694. The van der Waals surface area contributed by atoms with Crippen molar-refractivity contribution in [3.05, 3.63) is 75.3 Å². The lowest BCUT2D eigenvalue weighted by molar-refractivity contribution is 0.184. The second-order valence-electron chi connectivity index (χ2n) is 6.88. The number of fused-ring (bicyclic) bond motifs is 1. The fourth-order valence-corrected chi connectivity index (χ4v) is 4.19. The van der Waals surface area contributed by atoms with Crippen LogP contribution in [0.3, 0.4) is 0 Å². The molecule has 1 fully saturated rings. The van der Waals surface area contributed by atoms with Crippen LogP contribution in [0.2, 0.25) is 10.0 Å². The predicted octanol–water partition coefficient (Wildman–Crippen LogP) is 5.67. The number of amides is 2. The van der Waals surface area contributed by atoms with Crippen LogP contribution in [0.25, 0.3) is 6.08 Å². The van der Waals surface area contributed by atoms with Crippen LogP contribution in [0.5, 0.6) is 0 Å². The molecule has 4 rings (SSSR count). The van der Waals surface area contributed by atoms with Gasteiger partial charge in [0.2, 0.25) is 0 Å². The largest absolute Gasteiger partial charge is 0.350 e. The van der Waals surface area contributed by atoms with Crippen LogP contribution in [0.4, 0.5) is 4.79 Å². The second-order valence-corrected chi connectivity index (χ2v) is 7.76. The van der Waals surface area contributed by atoms with E-state index < -0.39 is 6.03 Å². The van der Waals surface area contributed by atoms with Crippen molar-refractivity contribution in [3.63, 3.8) is 0 Å². The third-order valence-electron chi connectivity index (χ3n) is 5.15. The highest BCUT2D eigenvalue weighted by Gasteiger charge is 2.43. The standard InChI is InChI=1S/C21H19Cl2N3O/c22-16-8-4-13(5-9-16)12-15-2-1-3-18-19(15)25-26(21(24)27)20(18)14-6-10-17(23)11-7-14/h4-12,18,20H,1-3H2,(H2,24,27)/b15-12+/t18-,20-/m0/s1. The van der Waals surface area contributed by atoms with E-state index in [1.54, 1.807) is 0 Å². The molecule has 6 heteroatoms. The average Bonchev–Trinajstić information content (AvgIpc) is 3.05. The second kappa shape index (κ2) is 7.37. The predicted molar refractivity (Wildman–Crippen MR) is 110 cm³/mol. The number of nitrogens with zero attached hydrogens (tertiary/aromatic N) is 2. The minimum atomic E-state index is -0.539. The molecule has 2 aromatic carbocycles. The molecular weight excluding hydrogens is 381 g/mol. The van der Waals surface area contributed by atoms with Gasteiger partial charge in [-0.1, -0.05) is 47.5 Å². The van der Waals surface area contributed by atoms with Crippen molar-refractivity contribution in [2.75, 3.05) is 0 Å². The molecule has 0 aromatic heterocycles. The van der Waals surface area contributed by atoms with E-state index >= 15 is 0 Å². The van der Waals surface area contributed by atoms with Crippen LogP contribution in [0, 0.1) is 5.92 Å². The number of hydrazone groups is 1. The molecular formula is C21H19Cl2N3O. The number of carbonyl (C=O) groups is 1. The molecule has 138 valence electrons. The van der Waals surface area contributed by atoms with Gasteiger partial charge in [0.25, 0.3) is 0 Å². The molecule has 0 saturated heterocycles. The van der Waals surface area contributed by atoms with Gasteiger partial charge in [0.15, 0.2) is 0 Å². The Bertz CT molecular complexity index is 919. The summed E-state index contributed by atoms with van der Waals surface area (Å²) in [6.07, 6.45) is 5.07. The third kappa shape index (κ3) is 3.60. The van der Waals surface area contributed by atoms with Crippen molar-refractivity contribution in [3.8, 4) is 0 Å². The van der Waals surface area contributed by atoms with E-state index in [-0.39, 0.29) is 12.0 Å². The number of benzene rings is 2. The van der Waals surface area contributed by atoms with Gasteiger partial charge in [0, 0.05) is 16.0 Å². The normalized spacial score (nSPS) is 23.3. The minimum absolute atomic E-state index is 0.131. The Labute approximate surface area is 168 Å². The number of hydrogen-bond donors (Lipinski definition) is 1. The van der Waals surface area contributed by atoms with E-state index in [0.29, 0.717) is 10.0 Å². The summed E-state index contributed by atoms with van der Waals surface area (Å²) < 4.78 is 0. The van der Waals surface area contributed by atoms with Gasteiger partial charge in [0.1, 0.15) is 0 Å². The van der Waals surface area contributed by atoms with Gasteiger partial charge >= 0.3 is 6.03 Å². The summed E-state index contributed by atoms with van der Waals surface area (Å²) in [5, 5.41) is 7.42. The molecule has 2 aliphatic rings. The number of halogens is 2. The van der Waals surface area contributed by atoms with Gasteiger partial charge in [0.05, 0.1) is 11.8 Å². The average molecular weight is 400 g/mol. The molecule has 1 saturated carbocycles. The first-order valence-corrected chi connectivity index (χ1v) is 9.67. The van der Waals surface area contributed by atoms with Gasteiger partial charge < -0.3 is 5.73 Å². The highest BCUT2D eigenvalue weighted by molar-refractivity contribution is 6.30. The summed E-state index contributed by atoms with van der Waals surface area (Å²) in [5.41, 5.74) is 9.81. The Hall–Kier alpha value is -2.30. The molecule has 2 aromatic rings. The first-order chi connectivity index (χ1) is 13.0. The van der Waals surface area contributed by atoms with E-state index in [0.717, 1.165) is 41.7 Å². The van der Waals surface area contributed by atoms with Crippen LogP contribution < -0.4 is 5.73 Å². The van der Waals surface area contributed by atoms with Crippen molar-refractivity contribution in [2.24, 2.45) is 16.8 Å². The Morgan fingerprint density at radius 2 is 1.70 bits per heavy atom. The fraction of sp³-hybridized carbons (Fsp3) is 0.238. The summed E-state index contributed by atoms with van der Waals surface area (Å²) in [7, 11) is 0. The van der Waals surface area contributed by atoms with Crippen LogP contribution in [0.15, 0.2) is 59.2 Å². The smallest absolute Gasteiger partial charge is 0.335 e. The van der Waals surface area contributed by atoms with Crippen LogP contribution in [0.1, 0.15) is 36.4 Å². The number of urea groups is 1. The van der Waals surface area contributed by atoms with Gasteiger partial charge in [-0.15, -0.1) is 0 Å². The van der Waals surface area contributed by atoms with Crippen LogP contribution in [-0.4, -0.2) is 16.8 Å². The zero-order chi connectivity index (χ0) is 19.0. The number of nitrogens with two attached hydrogens (primary N) is 1. The Morgan fingerprint density at radius 3 is 2.33 bits per heavy atom. The maximum absolute atomic E-state index is 12.1. The Kier molecular flexibility index (Phi) is 4.94. The lowest BCUT2D eigenvalue weighted by Crippen LogP contribution is -2.35. The van der Waals surface area contributed by atoms with Crippen molar-refractivity contribution < 1.29 is 4.79 Å². The van der Waals surface area contributed by atoms with E-state index in [1.165, 1.54) is 5.01 Å². The van der Waals surface area contributed by atoms with E-state index in [1.807, 2.05) is 48.5 Å². The van der Waals surface area contributed by atoms with Crippen molar-refractivity contribution in [1.29, 1.82) is 0 Å². The van der Waals surface area contributed by atoms with Gasteiger partial charge in [-0.3, -0.25) is 0 Å². The number of rotatable bonds is 2. The van der Waals surface area contributed by atoms with Gasteiger partial charge in [-0.2, -0.15) is 5.10 Å². The molecule has 4 nitrogen and oxygen atoms in total. The topological polar surface area (TPSA) is 58.7 Å². The number of primary amides is 1. The number of hydrogen-bond acceptors (Lipinski definition) is 2. The third-order valence-corrected chi connectivity index (χ3v) is 5.65. The van der Waals surface area contributed by atoms with Crippen molar-refractivity contribution in [1.82, 2.24) is 5.01 Å². The SMILES string of the molecule is NC(=O)N1N=C2/C(=C/c3ccc(Cl)cc3)CCC[C@@H]2[C@@H]1c1ccc(Cl)cc1. The summed E-state index contributed by atoms with van der Waals surface area (Å²) in [5.74, 6) is 0.131. The molecule has 1 heterocycles. The monoisotopic (exact) mass is 399 g/mol. The molecule has 0 bridgehead atoms. The molecule has 1 aliphatic heterocycles. The Morgan fingerprint density at radius 1 is 1.07 bits per heavy atom. The highest BCUT2D eigenvalue weighted by atomic mass is 35.5. The minimum Gasteiger partial charge on any atom is -0.350 e. The summed E-state index contributed by atoms with van der Waals surface area (Å²) >= 11 is 12.0. The van der Waals surface area contributed by atoms with Crippen LogP contribution >= 0.6 is 23.2 Å². The molecule has 2 N–H and O–H groups in total. The molecule has 1 aliphatic carbocycles. The molecule has 0 spiro atoms. The summed E-state index contributed by atoms with van der Waals surface area (Å²) in [6, 6.07) is 14.5. The van der Waals surface area contributed by atoms with E-state index in [4.69, 9.17) is 28.9 Å². The number of allylic oxidation sites excluding steroid dienone is 1. The zero-order valence-electron chi connectivity index (χ0n) is 14.6. The zero-order valence-corrected chi connectivity index (χ0v) is 16.1. The van der Waals surface area contributed by atoms with Crippen molar-refractivity contribution >= 4 is 41.0 Å². The highest BCUT2D eigenvalue weighted by Crippen LogP contribution is 2.44. The molecule has 0 radical (unpaired) electrons. The van der Waals surface area contributed by atoms with E-state index in [2.05, 4.69) is 11.2 Å². The summed E-state index contributed by atoms with van der Waals surface area (Å²) in [6.45, 7) is 0. The first kappa shape index (κ1) is 18.1.